The zero-order chi connectivity index (χ0) is 15.0. The van der Waals surface area contributed by atoms with Crippen LogP contribution in [0.4, 0.5) is 13.2 Å². The quantitative estimate of drug-likeness (QED) is 0.743. The van der Waals surface area contributed by atoms with Gasteiger partial charge in [0.2, 0.25) is 0 Å². The third-order valence-electron chi connectivity index (χ3n) is 4.33. The van der Waals surface area contributed by atoms with Gasteiger partial charge in [0, 0.05) is 31.7 Å². The van der Waals surface area contributed by atoms with Crippen molar-refractivity contribution in [2.75, 3.05) is 26.2 Å². The largest absolute Gasteiger partial charge is 0.337 e. The van der Waals surface area contributed by atoms with Crippen LogP contribution in [0.25, 0.3) is 0 Å². The Morgan fingerprint density at radius 2 is 1.71 bits per heavy atom. The normalized spacial score (nSPS) is 23.0. The average Bonchev–Trinajstić information content (AvgIpc) is 2.79. The molecule has 1 atom stereocenters. The fraction of sp³-hybridized carbons (Fsp3) is 0.533. The Morgan fingerprint density at radius 3 is 2.52 bits per heavy atom. The highest BCUT2D eigenvalue weighted by Crippen LogP contribution is 2.23. The van der Waals surface area contributed by atoms with Gasteiger partial charge < -0.3 is 4.90 Å². The van der Waals surface area contributed by atoms with Crippen molar-refractivity contribution < 1.29 is 18.0 Å². The molecule has 3 nitrogen and oxygen atoms in total. The Morgan fingerprint density at radius 1 is 1.00 bits per heavy atom. The molecular formula is C15H17F3N2O. The lowest BCUT2D eigenvalue weighted by atomic mass is 10.1. The number of amides is 1. The Kier molecular flexibility index (Phi) is 3.89. The minimum absolute atomic E-state index is 0.296. The van der Waals surface area contributed by atoms with Gasteiger partial charge in [-0.15, -0.1) is 0 Å². The Balaban J connectivity index is 1.82. The summed E-state index contributed by atoms with van der Waals surface area (Å²) in [6.45, 7) is 3.00. The zero-order valence-corrected chi connectivity index (χ0v) is 11.6. The SMILES string of the molecule is O=C(c1cc(F)c(F)cc1F)N1CCCN2CCC[C@@H]2C1. The van der Waals surface area contributed by atoms with Crippen molar-refractivity contribution in [2.24, 2.45) is 0 Å². The number of benzene rings is 1. The standard InChI is InChI=1S/C15H17F3N2O/c16-12-8-14(18)13(17)7-11(12)15(21)20-6-2-5-19-4-1-3-10(19)9-20/h7-8,10H,1-6,9H2/t10-/m1/s1. The summed E-state index contributed by atoms with van der Waals surface area (Å²) in [5, 5.41) is 0. The fourth-order valence-electron chi connectivity index (χ4n) is 3.25. The van der Waals surface area contributed by atoms with Crippen molar-refractivity contribution in [3.05, 3.63) is 35.1 Å². The van der Waals surface area contributed by atoms with Gasteiger partial charge in [-0.2, -0.15) is 0 Å². The first-order valence-electron chi connectivity index (χ1n) is 7.24. The summed E-state index contributed by atoms with van der Waals surface area (Å²) in [6, 6.07) is 1.39. The highest BCUT2D eigenvalue weighted by atomic mass is 19.2. The van der Waals surface area contributed by atoms with Crippen LogP contribution in [0.2, 0.25) is 0 Å². The van der Waals surface area contributed by atoms with Crippen LogP contribution in [-0.2, 0) is 0 Å². The summed E-state index contributed by atoms with van der Waals surface area (Å²) < 4.78 is 40.0. The number of hydrogen-bond acceptors (Lipinski definition) is 2. The summed E-state index contributed by atoms with van der Waals surface area (Å²) >= 11 is 0. The van der Waals surface area contributed by atoms with Crippen LogP contribution < -0.4 is 0 Å². The van der Waals surface area contributed by atoms with Crippen LogP contribution in [0.5, 0.6) is 0 Å². The minimum Gasteiger partial charge on any atom is -0.337 e. The second-order valence-corrected chi connectivity index (χ2v) is 5.68. The predicted octanol–water partition coefficient (Wildman–Crippen LogP) is 2.41. The van der Waals surface area contributed by atoms with Crippen LogP contribution in [-0.4, -0.2) is 47.9 Å². The molecule has 21 heavy (non-hydrogen) atoms. The van der Waals surface area contributed by atoms with Crippen molar-refractivity contribution in [3.63, 3.8) is 0 Å². The lowest BCUT2D eigenvalue weighted by molar-refractivity contribution is 0.0738. The summed E-state index contributed by atoms with van der Waals surface area (Å²) in [6.07, 6.45) is 2.93. The molecule has 2 fully saturated rings. The molecule has 2 saturated heterocycles. The number of halogens is 3. The van der Waals surface area contributed by atoms with E-state index in [2.05, 4.69) is 4.90 Å². The first-order chi connectivity index (χ1) is 10.1. The molecule has 0 bridgehead atoms. The van der Waals surface area contributed by atoms with Crippen LogP contribution in [0, 0.1) is 17.5 Å². The van der Waals surface area contributed by atoms with E-state index in [1.165, 1.54) is 0 Å². The maximum absolute atomic E-state index is 13.7. The fourth-order valence-corrected chi connectivity index (χ4v) is 3.25. The molecule has 0 aliphatic carbocycles. The van der Waals surface area contributed by atoms with Crippen LogP contribution in [0.3, 0.4) is 0 Å². The predicted molar refractivity (Wildman–Crippen MR) is 71.4 cm³/mol. The number of nitrogens with zero attached hydrogens (tertiary/aromatic N) is 2. The van der Waals surface area contributed by atoms with E-state index >= 15 is 0 Å². The number of carbonyl (C=O) groups is 1. The van der Waals surface area contributed by atoms with E-state index in [1.54, 1.807) is 4.90 Å². The number of carbonyl (C=O) groups excluding carboxylic acids is 1. The van der Waals surface area contributed by atoms with Gasteiger partial charge in [0.25, 0.3) is 5.91 Å². The molecule has 1 aromatic carbocycles. The van der Waals surface area contributed by atoms with Crippen molar-refractivity contribution in [3.8, 4) is 0 Å². The number of rotatable bonds is 1. The number of hydrogen-bond donors (Lipinski definition) is 0. The summed E-state index contributed by atoms with van der Waals surface area (Å²) in [5.74, 6) is -4.04. The average molecular weight is 298 g/mol. The van der Waals surface area contributed by atoms with Gasteiger partial charge in [0.05, 0.1) is 5.56 Å². The van der Waals surface area contributed by atoms with E-state index in [1.807, 2.05) is 0 Å². The lowest BCUT2D eigenvalue weighted by Crippen LogP contribution is -2.40. The van der Waals surface area contributed by atoms with Crippen molar-refractivity contribution in [1.82, 2.24) is 9.80 Å². The van der Waals surface area contributed by atoms with E-state index in [4.69, 9.17) is 0 Å². The van der Waals surface area contributed by atoms with E-state index in [-0.39, 0.29) is 5.56 Å². The van der Waals surface area contributed by atoms with E-state index in [0.717, 1.165) is 32.4 Å². The first-order valence-corrected chi connectivity index (χ1v) is 7.24. The topological polar surface area (TPSA) is 23.6 Å². The Hall–Kier alpha value is -1.56. The molecule has 2 aliphatic rings. The van der Waals surface area contributed by atoms with Crippen LogP contribution in [0.1, 0.15) is 29.6 Å². The highest BCUT2D eigenvalue weighted by Gasteiger charge is 2.31. The van der Waals surface area contributed by atoms with Gasteiger partial charge in [-0.25, -0.2) is 13.2 Å². The van der Waals surface area contributed by atoms with Crippen molar-refractivity contribution >= 4 is 5.91 Å². The van der Waals surface area contributed by atoms with Crippen molar-refractivity contribution in [2.45, 2.75) is 25.3 Å². The minimum atomic E-state index is -1.28. The second-order valence-electron chi connectivity index (χ2n) is 5.68. The molecule has 6 heteroatoms. The maximum Gasteiger partial charge on any atom is 0.256 e. The Labute approximate surface area is 121 Å². The van der Waals surface area contributed by atoms with Gasteiger partial charge >= 0.3 is 0 Å². The second kappa shape index (κ2) is 5.67. The zero-order valence-electron chi connectivity index (χ0n) is 11.6. The molecule has 0 N–H and O–H groups in total. The van der Waals surface area contributed by atoms with Gasteiger partial charge in [-0.3, -0.25) is 9.69 Å². The third-order valence-corrected chi connectivity index (χ3v) is 4.33. The van der Waals surface area contributed by atoms with Crippen LogP contribution >= 0.6 is 0 Å². The van der Waals surface area contributed by atoms with Crippen LogP contribution in [0.15, 0.2) is 12.1 Å². The molecule has 2 aliphatic heterocycles. The molecular weight excluding hydrogens is 281 g/mol. The molecule has 0 spiro atoms. The third kappa shape index (κ3) is 2.77. The molecule has 3 rings (SSSR count). The van der Waals surface area contributed by atoms with Gasteiger partial charge in [-0.05, 0) is 31.9 Å². The molecule has 2 heterocycles. The molecule has 114 valence electrons. The van der Waals surface area contributed by atoms with E-state index in [0.29, 0.717) is 31.3 Å². The summed E-state index contributed by atoms with van der Waals surface area (Å²) in [4.78, 5) is 16.3. The first kappa shape index (κ1) is 14.4. The summed E-state index contributed by atoms with van der Waals surface area (Å²) in [7, 11) is 0. The van der Waals surface area contributed by atoms with Gasteiger partial charge in [0.1, 0.15) is 5.82 Å². The van der Waals surface area contributed by atoms with E-state index < -0.39 is 23.4 Å². The monoisotopic (exact) mass is 298 g/mol. The number of fused-ring (bicyclic) bond motifs is 1. The highest BCUT2D eigenvalue weighted by molar-refractivity contribution is 5.94. The molecule has 0 saturated carbocycles. The molecule has 0 aromatic heterocycles. The molecule has 1 aromatic rings. The molecule has 1 amide bonds. The van der Waals surface area contributed by atoms with Gasteiger partial charge in [0.15, 0.2) is 11.6 Å². The maximum atomic E-state index is 13.7. The van der Waals surface area contributed by atoms with E-state index in [9.17, 15) is 18.0 Å². The molecule has 0 radical (unpaired) electrons. The smallest absolute Gasteiger partial charge is 0.256 e. The molecule has 0 unspecified atom stereocenters. The Bertz CT molecular complexity index is 564. The summed E-state index contributed by atoms with van der Waals surface area (Å²) in [5.41, 5.74) is -0.389. The van der Waals surface area contributed by atoms with Gasteiger partial charge in [-0.1, -0.05) is 0 Å². The van der Waals surface area contributed by atoms with Crippen molar-refractivity contribution in [1.29, 1.82) is 0 Å². The lowest BCUT2D eigenvalue weighted by Gasteiger charge is -2.25.